The molecular formula is C29H34F6N4O5. The Hall–Kier alpha value is -3.62. The number of benzene rings is 1. The number of hydrogen-bond acceptors (Lipinski definition) is 6. The summed E-state index contributed by atoms with van der Waals surface area (Å²) >= 11 is 0. The monoisotopic (exact) mass is 632 g/mol. The van der Waals surface area contributed by atoms with Crippen LogP contribution in [0.4, 0.5) is 31.1 Å². The number of ether oxygens (including phenoxy) is 1. The summed E-state index contributed by atoms with van der Waals surface area (Å²) in [5.74, 6) is -7.54. The molecule has 1 unspecified atom stereocenters. The molecule has 1 aromatic carbocycles. The number of hydrogen-bond donors (Lipinski definition) is 2. The highest BCUT2D eigenvalue weighted by Crippen LogP contribution is 2.37. The second-order valence-corrected chi connectivity index (χ2v) is 12.1. The SMILES string of the molecule is CC(C)(C)OC(=O)N[C@@H](CC(=O)N1CCn2c(C(F)(F)F)nc(C(=O)C3CCC[C@@H]3CO)c2C1)Cc1cc(F)c(F)cc1F. The fourth-order valence-electron chi connectivity index (χ4n) is 5.74. The molecule has 2 N–H and O–H groups in total. The number of aliphatic hydroxyl groups excluding tert-OH is 1. The Balaban J connectivity index is 1.59. The van der Waals surface area contributed by atoms with Crippen LogP contribution in [0.15, 0.2) is 12.1 Å². The second-order valence-electron chi connectivity index (χ2n) is 12.1. The van der Waals surface area contributed by atoms with E-state index in [1.54, 1.807) is 20.8 Å². The minimum atomic E-state index is -4.87. The first-order valence-corrected chi connectivity index (χ1v) is 14.2. The van der Waals surface area contributed by atoms with E-state index in [1.165, 1.54) is 4.90 Å². The summed E-state index contributed by atoms with van der Waals surface area (Å²) in [6, 6.07) is -0.234. The number of nitrogens with zero attached hydrogens (tertiary/aromatic N) is 3. The molecule has 2 amide bonds. The molecule has 15 heteroatoms. The normalized spacial score (nSPS) is 19.5. The van der Waals surface area contributed by atoms with E-state index in [4.69, 9.17) is 4.74 Å². The number of ketones is 1. The lowest BCUT2D eigenvalue weighted by Crippen LogP contribution is -2.45. The van der Waals surface area contributed by atoms with Crippen LogP contribution in [0.25, 0.3) is 0 Å². The Morgan fingerprint density at radius 1 is 1.07 bits per heavy atom. The first-order valence-electron chi connectivity index (χ1n) is 14.2. The van der Waals surface area contributed by atoms with Gasteiger partial charge in [0.25, 0.3) is 0 Å². The van der Waals surface area contributed by atoms with Gasteiger partial charge in [-0.25, -0.2) is 22.9 Å². The van der Waals surface area contributed by atoms with E-state index in [2.05, 4.69) is 10.3 Å². The van der Waals surface area contributed by atoms with Gasteiger partial charge in [-0.05, 0) is 57.6 Å². The molecule has 1 aliphatic heterocycles. The largest absolute Gasteiger partial charge is 0.449 e. The van der Waals surface area contributed by atoms with Crippen LogP contribution in [0, 0.1) is 29.3 Å². The van der Waals surface area contributed by atoms with E-state index >= 15 is 0 Å². The highest BCUT2D eigenvalue weighted by Gasteiger charge is 2.44. The summed E-state index contributed by atoms with van der Waals surface area (Å²) < 4.78 is 89.6. The molecule has 1 aliphatic carbocycles. The maximum atomic E-state index is 14.5. The number of rotatable bonds is 8. The molecule has 0 bridgehead atoms. The molecule has 1 saturated carbocycles. The molecule has 242 valence electrons. The van der Waals surface area contributed by atoms with Gasteiger partial charge < -0.3 is 24.6 Å². The predicted molar refractivity (Wildman–Crippen MR) is 143 cm³/mol. The topological polar surface area (TPSA) is 114 Å². The zero-order valence-electron chi connectivity index (χ0n) is 24.4. The summed E-state index contributed by atoms with van der Waals surface area (Å²) in [5.41, 5.74) is -1.78. The van der Waals surface area contributed by atoms with Crippen LogP contribution in [-0.2, 0) is 35.2 Å². The van der Waals surface area contributed by atoms with Gasteiger partial charge in [0.05, 0.1) is 12.2 Å². The van der Waals surface area contributed by atoms with Crippen molar-refractivity contribution in [1.82, 2.24) is 19.8 Å². The zero-order chi connectivity index (χ0) is 32.6. The number of carbonyl (C=O) groups is 3. The lowest BCUT2D eigenvalue weighted by molar-refractivity contribution is -0.148. The third kappa shape index (κ3) is 7.53. The lowest BCUT2D eigenvalue weighted by atomic mass is 9.90. The molecular weight excluding hydrogens is 598 g/mol. The summed E-state index contributed by atoms with van der Waals surface area (Å²) in [5, 5.41) is 12.1. The number of carbonyl (C=O) groups excluding carboxylic acids is 3. The van der Waals surface area contributed by atoms with Crippen molar-refractivity contribution in [2.24, 2.45) is 11.8 Å². The number of alkyl halides is 3. The van der Waals surface area contributed by atoms with Crippen LogP contribution in [-0.4, -0.2) is 62.1 Å². The molecule has 2 aliphatic rings. The van der Waals surface area contributed by atoms with Gasteiger partial charge in [0.2, 0.25) is 11.7 Å². The number of aromatic nitrogens is 2. The first-order chi connectivity index (χ1) is 20.5. The number of fused-ring (bicyclic) bond motifs is 1. The number of imidazole rings is 1. The molecule has 2 heterocycles. The molecule has 1 fully saturated rings. The van der Waals surface area contributed by atoms with Crippen LogP contribution in [0.1, 0.15) is 74.0 Å². The van der Waals surface area contributed by atoms with Gasteiger partial charge in [-0.15, -0.1) is 0 Å². The average Bonchev–Trinajstić information content (AvgIpc) is 3.54. The molecule has 0 saturated heterocycles. The number of Topliss-reactive ketones (excluding diaryl/α,β-unsaturated/α-hetero) is 1. The van der Waals surface area contributed by atoms with Crippen molar-refractivity contribution in [1.29, 1.82) is 0 Å². The van der Waals surface area contributed by atoms with Crippen molar-refractivity contribution in [3.63, 3.8) is 0 Å². The smallest absolute Gasteiger partial charge is 0.444 e. The summed E-state index contributed by atoms with van der Waals surface area (Å²) in [6.07, 6.45) is -5.22. The first kappa shape index (κ1) is 33.3. The third-order valence-corrected chi connectivity index (χ3v) is 7.77. The molecule has 44 heavy (non-hydrogen) atoms. The Labute approximate surface area is 249 Å². The number of amides is 2. The quantitative estimate of drug-likeness (QED) is 0.246. The van der Waals surface area contributed by atoms with E-state index in [0.717, 1.165) is 4.57 Å². The van der Waals surface area contributed by atoms with Crippen molar-refractivity contribution >= 4 is 17.8 Å². The van der Waals surface area contributed by atoms with Gasteiger partial charge >= 0.3 is 12.3 Å². The van der Waals surface area contributed by atoms with Gasteiger partial charge in [0.15, 0.2) is 17.4 Å². The number of halogens is 6. The number of nitrogens with one attached hydrogen (secondary N) is 1. The highest BCUT2D eigenvalue weighted by atomic mass is 19.4. The van der Waals surface area contributed by atoms with Gasteiger partial charge in [-0.1, -0.05) is 6.42 Å². The molecule has 9 nitrogen and oxygen atoms in total. The van der Waals surface area contributed by atoms with E-state index in [-0.39, 0.29) is 31.0 Å². The lowest BCUT2D eigenvalue weighted by Gasteiger charge is -2.31. The minimum absolute atomic E-state index is 0.103. The van der Waals surface area contributed by atoms with E-state index in [1.807, 2.05) is 0 Å². The van der Waals surface area contributed by atoms with Crippen molar-refractivity contribution in [3.8, 4) is 0 Å². The van der Waals surface area contributed by atoms with Crippen LogP contribution >= 0.6 is 0 Å². The van der Waals surface area contributed by atoms with Crippen molar-refractivity contribution in [2.75, 3.05) is 13.2 Å². The minimum Gasteiger partial charge on any atom is -0.444 e. The Morgan fingerprint density at radius 2 is 1.75 bits per heavy atom. The summed E-state index contributed by atoms with van der Waals surface area (Å²) in [4.78, 5) is 44.2. The summed E-state index contributed by atoms with van der Waals surface area (Å²) in [6.45, 7) is 3.53. The van der Waals surface area contributed by atoms with Crippen LogP contribution in [0.5, 0.6) is 0 Å². The van der Waals surface area contributed by atoms with E-state index in [0.29, 0.717) is 31.4 Å². The predicted octanol–water partition coefficient (Wildman–Crippen LogP) is 4.78. The van der Waals surface area contributed by atoms with Crippen molar-refractivity contribution in [2.45, 2.75) is 83.8 Å². The molecule has 4 rings (SSSR count). The van der Waals surface area contributed by atoms with Gasteiger partial charge in [-0.3, -0.25) is 9.59 Å². The van der Waals surface area contributed by atoms with Gasteiger partial charge in [0.1, 0.15) is 17.1 Å². The number of aliphatic hydroxyl groups is 1. The van der Waals surface area contributed by atoms with Crippen LogP contribution < -0.4 is 5.32 Å². The third-order valence-electron chi connectivity index (χ3n) is 7.77. The van der Waals surface area contributed by atoms with Crippen LogP contribution in [0.2, 0.25) is 0 Å². The zero-order valence-corrected chi connectivity index (χ0v) is 24.4. The van der Waals surface area contributed by atoms with Gasteiger partial charge in [0, 0.05) is 44.1 Å². The van der Waals surface area contributed by atoms with Gasteiger partial charge in [-0.2, -0.15) is 13.2 Å². The number of alkyl carbamates (subject to hydrolysis) is 1. The standard InChI is InChI=1S/C29H34F6N4O5/c1-28(2,3)44-27(43)36-17(9-16-10-20(31)21(32)12-19(16)30)11-23(41)38-7-8-39-22(13-38)24(37-26(39)29(33,34)35)25(42)18-6-4-5-15(18)14-40/h10,12,15,17-18,40H,4-9,11,13-14H2,1-3H3,(H,36,43)/t15-,17-,18?/m1/s1. The highest BCUT2D eigenvalue weighted by molar-refractivity contribution is 5.98. The van der Waals surface area contributed by atoms with Crippen molar-refractivity contribution < 1.29 is 50.6 Å². The fraction of sp³-hybridized carbons (Fsp3) is 0.586. The maximum absolute atomic E-state index is 14.5. The maximum Gasteiger partial charge on any atom is 0.449 e. The Kier molecular flexibility index (Phi) is 9.66. The summed E-state index contributed by atoms with van der Waals surface area (Å²) in [7, 11) is 0. The van der Waals surface area contributed by atoms with Crippen molar-refractivity contribution in [3.05, 3.63) is 52.4 Å². The Morgan fingerprint density at radius 3 is 2.39 bits per heavy atom. The molecule has 2 aromatic rings. The molecule has 0 radical (unpaired) electrons. The van der Waals surface area contributed by atoms with E-state index in [9.17, 15) is 45.8 Å². The molecule has 3 atom stereocenters. The average molecular weight is 633 g/mol. The fourth-order valence-corrected chi connectivity index (χ4v) is 5.74. The van der Waals surface area contributed by atoms with Crippen LogP contribution in [0.3, 0.4) is 0 Å². The molecule has 1 aromatic heterocycles. The second kappa shape index (κ2) is 12.8. The Bertz CT molecular complexity index is 1420. The van der Waals surface area contributed by atoms with E-state index < -0.39 is 95.8 Å². The molecule has 0 spiro atoms.